The minimum Gasteiger partial charge on any atom is -0.460 e. The molecule has 0 aromatic heterocycles. The van der Waals surface area contributed by atoms with Gasteiger partial charge >= 0.3 is 5.97 Å². The molecule has 1 aromatic rings. The van der Waals surface area contributed by atoms with Crippen molar-refractivity contribution in [3.05, 3.63) is 42.0 Å². The van der Waals surface area contributed by atoms with Crippen LogP contribution in [0.25, 0.3) is 0 Å². The molecule has 0 saturated carbocycles. The lowest BCUT2D eigenvalue weighted by Crippen LogP contribution is -2.45. The Morgan fingerprint density at radius 3 is 2.07 bits per heavy atom. The third kappa shape index (κ3) is 10.9. The molecule has 1 aromatic carbocycles. The van der Waals surface area contributed by atoms with Crippen LogP contribution in [-0.4, -0.2) is 52.9 Å². The van der Waals surface area contributed by atoms with E-state index in [1.807, 2.05) is 13.8 Å². The number of carbonyl (C=O) groups is 6. The lowest BCUT2D eigenvalue weighted by molar-refractivity contribution is -0.154. The molecule has 4 amide bonds. The summed E-state index contributed by atoms with van der Waals surface area (Å²) in [6.45, 7) is 11.1. The van der Waals surface area contributed by atoms with Crippen molar-refractivity contribution in [3.8, 4) is 0 Å². The summed E-state index contributed by atoms with van der Waals surface area (Å²) in [4.78, 5) is 74.5. The Morgan fingerprint density at radius 2 is 1.51 bits per heavy atom. The highest BCUT2D eigenvalue weighted by molar-refractivity contribution is 6.12. The van der Waals surface area contributed by atoms with E-state index in [-0.39, 0.29) is 60.7 Å². The number of rotatable bonds is 15. The van der Waals surface area contributed by atoms with Crippen LogP contribution >= 0.6 is 0 Å². The SMILES string of the molecule is CC(C)[C@H](NC(=O)CCCCCN1C(=O)C=CC1=O)C(=O)C[C@@H](C)C(=O)Nc1ccc(COC(=O)C(C)(C)C)cc1. The van der Waals surface area contributed by atoms with Crippen LogP contribution in [0.1, 0.15) is 79.2 Å². The smallest absolute Gasteiger partial charge is 0.311 e. The number of carbonyl (C=O) groups excluding carboxylic acids is 6. The Hall–Kier alpha value is -3.82. The van der Waals surface area contributed by atoms with Gasteiger partial charge in [-0.05, 0) is 57.2 Å². The number of unbranched alkanes of at least 4 members (excludes halogenated alkanes) is 2. The minimum atomic E-state index is -0.709. The second-order valence-electron chi connectivity index (χ2n) is 11.8. The zero-order valence-electron chi connectivity index (χ0n) is 25.0. The van der Waals surface area contributed by atoms with Crippen molar-refractivity contribution in [2.75, 3.05) is 11.9 Å². The van der Waals surface area contributed by atoms with E-state index in [4.69, 9.17) is 4.74 Å². The fraction of sp³-hybridized carbons (Fsp3) is 0.548. The predicted molar refractivity (Wildman–Crippen MR) is 154 cm³/mol. The average molecular weight is 570 g/mol. The summed E-state index contributed by atoms with van der Waals surface area (Å²) in [7, 11) is 0. The lowest BCUT2D eigenvalue weighted by atomic mass is 9.92. The van der Waals surface area contributed by atoms with Gasteiger partial charge in [-0.2, -0.15) is 0 Å². The molecule has 1 heterocycles. The van der Waals surface area contributed by atoms with Crippen LogP contribution in [0, 0.1) is 17.3 Å². The van der Waals surface area contributed by atoms with Gasteiger partial charge in [0.2, 0.25) is 11.8 Å². The van der Waals surface area contributed by atoms with Crippen LogP contribution in [0.5, 0.6) is 0 Å². The highest BCUT2D eigenvalue weighted by Gasteiger charge is 2.28. The molecule has 1 aliphatic heterocycles. The van der Waals surface area contributed by atoms with E-state index in [9.17, 15) is 28.8 Å². The largest absolute Gasteiger partial charge is 0.460 e. The number of hydrogen-bond acceptors (Lipinski definition) is 7. The van der Waals surface area contributed by atoms with Crippen molar-refractivity contribution in [1.82, 2.24) is 10.2 Å². The number of benzene rings is 1. The van der Waals surface area contributed by atoms with Gasteiger partial charge in [0.25, 0.3) is 11.8 Å². The molecule has 41 heavy (non-hydrogen) atoms. The number of anilines is 1. The molecule has 0 fully saturated rings. The van der Waals surface area contributed by atoms with E-state index < -0.39 is 17.4 Å². The number of amides is 4. The Balaban J connectivity index is 1.76. The molecule has 0 unspecified atom stereocenters. The zero-order chi connectivity index (χ0) is 30.7. The van der Waals surface area contributed by atoms with Gasteiger partial charge in [-0.3, -0.25) is 33.7 Å². The molecule has 2 N–H and O–H groups in total. The van der Waals surface area contributed by atoms with Crippen molar-refractivity contribution >= 4 is 41.1 Å². The first kappa shape index (κ1) is 33.4. The number of imide groups is 1. The molecule has 1 aliphatic rings. The summed E-state index contributed by atoms with van der Waals surface area (Å²) in [5, 5.41) is 5.61. The molecule has 10 nitrogen and oxygen atoms in total. The number of nitrogens with one attached hydrogen (secondary N) is 2. The highest BCUT2D eigenvalue weighted by atomic mass is 16.5. The maximum Gasteiger partial charge on any atom is 0.311 e. The number of hydrogen-bond donors (Lipinski definition) is 2. The minimum absolute atomic E-state index is 0.0261. The molecule has 224 valence electrons. The first-order chi connectivity index (χ1) is 19.2. The average Bonchev–Trinajstić information content (AvgIpc) is 3.22. The summed E-state index contributed by atoms with van der Waals surface area (Å²) in [6.07, 6.45) is 4.50. The lowest BCUT2D eigenvalue weighted by Gasteiger charge is -2.23. The molecule has 10 heteroatoms. The van der Waals surface area contributed by atoms with Crippen LogP contribution in [0.3, 0.4) is 0 Å². The van der Waals surface area contributed by atoms with Gasteiger partial charge in [0.1, 0.15) is 6.61 Å². The van der Waals surface area contributed by atoms with Gasteiger partial charge < -0.3 is 15.4 Å². The standard InChI is InChI=1S/C31H43N3O7/c1-20(2)28(33-25(36)10-8-7-9-17-34-26(37)15-16-27(34)38)24(35)18-21(3)29(39)32-23-13-11-22(12-14-23)19-41-30(40)31(4,5)6/h11-16,20-21,28H,7-10,17-19H2,1-6H3,(H,32,39)(H,33,36)/t21-,28+/m1/s1. The molecule has 0 radical (unpaired) electrons. The van der Waals surface area contributed by atoms with Crippen LogP contribution in [0.4, 0.5) is 5.69 Å². The third-order valence-electron chi connectivity index (χ3n) is 6.67. The molecule has 2 rings (SSSR count). The van der Waals surface area contributed by atoms with Gasteiger partial charge in [-0.15, -0.1) is 0 Å². The van der Waals surface area contributed by atoms with Crippen molar-refractivity contribution in [1.29, 1.82) is 0 Å². The van der Waals surface area contributed by atoms with Crippen LogP contribution in [0.15, 0.2) is 36.4 Å². The fourth-order valence-electron chi connectivity index (χ4n) is 4.08. The van der Waals surface area contributed by atoms with Crippen LogP contribution in [0.2, 0.25) is 0 Å². The van der Waals surface area contributed by atoms with Gasteiger partial charge in [0, 0.05) is 43.1 Å². The van der Waals surface area contributed by atoms with Gasteiger partial charge in [-0.25, -0.2) is 0 Å². The van der Waals surface area contributed by atoms with Crippen LogP contribution < -0.4 is 10.6 Å². The maximum absolute atomic E-state index is 13.0. The van der Waals surface area contributed by atoms with E-state index in [0.29, 0.717) is 31.5 Å². The normalized spacial score (nSPS) is 14.7. The van der Waals surface area contributed by atoms with Crippen molar-refractivity contribution < 1.29 is 33.5 Å². The van der Waals surface area contributed by atoms with E-state index in [2.05, 4.69) is 10.6 Å². The van der Waals surface area contributed by atoms with E-state index >= 15 is 0 Å². The molecular formula is C31H43N3O7. The molecule has 0 aliphatic carbocycles. The quantitative estimate of drug-likeness (QED) is 0.185. The van der Waals surface area contributed by atoms with Crippen molar-refractivity contribution in [2.45, 2.75) is 86.3 Å². The van der Waals surface area contributed by atoms with Crippen molar-refractivity contribution in [3.63, 3.8) is 0 Å². The first-order valence-electron chi connectivity index (χ1n) is 14.1. The fourth-order valence-corrected chi connectivity index (χ4v) is 4.08. The summed E-state index contributed by atoms with van der Waals surface area (Å²) >= 11 is 0. The van der Waals surface area contributed by atoms with Crippen molar-refractivity contribution in [2.24, 2.45) is 17.3 Å². The Bertz CT molecular complexity index is 1130. The summed E-state index contributed by atoms with van der Waals surface area (Å²) in [6, 6.07) is 6.23. The van der Waals surface area contributed by atoms with Gasteiger partial charge in [-0.1, -0.05) is 39.3 Å². The number of nitrogens with zero attached hydrogens (tertiary/aromatic N) is 1. The highest BCUT2D eigenvalue weighted by Crippen LogP contribution is 2.18. The second kappa shape index (κ2) is 15.3. The Morgan fingerprint density at radius 1 is 0.902 bits per heavy atom. The summed E-state index contributed by atoms with van der Waals surface area (Å²) in [5.74, 6) is -2.48. The second-order valence-corrected chi connectivity index (χ2v) is 11.8. The summed E-state index contributed by atoms with van der Waals surface area (Å²) in [5.41, 5.74) is 0.758. The predicted octanol–water partition coefficient (Wildman–Crippen LogP) is 3.94. The van der Waals surface area contributed by atoms with E-state index in [1.54, 1.807) is 52.0 Å². The van der Waals surface area contributed by atoms with Crippen LogP contribution in [-0.2, 0) is 40.1 Å². The van der Waals surface area contributed by atoms with Gasteiger partial charge in [0.05, 0.1) is 11.5 Å². The van der Waals surface area contributed by atoms with Gasteiger partial charge in [0.15, 0.2) is 5.78 Å². The summed E-state index contributed by atoms with van der Waals surface area (Å²) < 4.78 is 5.30. The number of esters is 1. The first-order valence-corrected chi connectivity index (χ1v) is 14.1. The maximum atomic E-state index is 13.0. The zero-order valence-corrected chi connectivity index (χ0v) is 25.0. The number of Topliss-reactive ketones (excluding diaryl/α,β-unsaturated/α-hetero) is 1. The van der Waals surface area contributed by atoms with E-state index in [0.717, 1.165) is 5.56 Å². The molecular weight excluding hydrogens is 526 g/mol. The monoisotopic (exact) mass is 569 g/mol. The Labute approximate surface area is 242 Å². The third-order valence-corrected chi connectivity index (χ3v) is 6.67. The Kier molecular flexibility index (Phi) is 12.4. The number of ketones is 1. The molecule has 2 atom stereocenters. The number of ether oxygens (including phenoxy) is 1. The molecule has 0 saturated heterocycles. The van der Waals surface area contributed by atoms with E-state index in [1.165, 1.54) is 17.1 Å². The topological polar surface area (TPSA) is 139 Å². The molecule has 0 spiro atoms. The molecule has 0 bridgehead atoms.